The van der Waals surface area contributed by atoms with Crippen LogP contribution in [0.25, 0.3) is 31.9 Å². The average molecular weight is 598 g/mol. The van der Waals surface area contributed by atoms with Gasteiger partial charge in [-0.3, -0.25) is 4.99 Å². The summed E-state index contributed by atoms with van der Waals surface area (Å²) in [5.74, 6) is -0.316. The first-order valence-electron chi connectivity index (χ1n) is 10.2. The first kappa shape index (κ1) is 22.8. The minimum atomic E-state index is -0.448. The van der Waals surface area contributed by atoms with Crippen LogP contribution in [0.3, 0.4) is 0 Å². The fourth-order valence-electron chi connectivity index (χ4n) is 3.57. The topological polar surface area (TPSA) is 65.7 Å². The lowest BCUT2D eigenvalue weighted by atomic mass is 10.0. The highest BCUT2D eigenvalue weighted by Crippen LogP contribution is 2.41. The molecule has 168 valence electrons. The maximum atomic E-state index is 13.6. The molecule has 0 atom stereocenters. The van der Waals surface area contributed by atoms with Gasteiger partial charge in [0.1, 0.15) is 22.3 Å². The van der Waals surface area contributed by atoms with Crippen molar-refractivity contribution in [2.45, 2.75) is 4.90 Å². The fourth-order valence-corrected chi connectivity index (χ4v) is 5.75. The summed E-state index contributed by atoms with van der Waals surface area (Å²) >= 11 is 3.71. The van der Waals surface area contributed by atoms with E-state index in [4.69, 9.17) is 4.98 Å². The molecule has 5 rings (SSSR count). The van der Waals surface area contributed by atoms with Gasteiger partial charge in [0.15, 0.2) is 0 Å². The van der Waals surface area contributed by atoms with Crippen molar-refractivity contribution >= 4 is 63.6 Å². The van der Waals surface area contributed by atoms with Crippen LogP contribution in [0, 0.1) is 5.82 Å². The van der Waals surface area contributed by atoms with Crippen molar-refractivity contribution in [2.24, 2.45) is 4.99 Å². The Hall–Kier alpha value is -2.95. The van der Waals surface area contributed by atoms with E-state index in [2.05, 4.69) is 26.2 Å². The molecular formula is C26H16FIN2O2S2. The number of halogens is 2. The summed E-state index contributed by atoms with van der Waals surface area (Å²) in [5.41, 5.74) is 4.36. The Labute approximate surface area is 215 Å². The molecule has 1 heterocycles. The predicted octanol–water partition coefficient (Wildman–Crippen LogP) is 8.37. The first-order valence-corrected chi connectivity index (χ1v) is 14.3. The molecule has 4 nitrogen and oxygen atoms in total. The number of hydrogen-bond acceptors (Lipinski definition) is 6. The molecule has 5 aromatic rings. The molecule has 2 N–H and O–H groups in total. The van der Waals surface area contributed by atoms with E-state index in [9.17, 15) is 14.6 Å². The number of phenolic OH excluding ortho intramolecular Hbond substituents is 2. The molecule has 0 saturated carbocycles. The maximum absolute atomic E-state index is 13.6. The monoisotopic (exact) mass is 598 g/mol. The molecule has 0 radical (unpaired) electrons. The van der Waals surface area contributed by atoms with Gasteiger partial charge in [0.05, 0.1) is 15.9 Å². The number of hydrogen-bond donors (Lipinski definition) is 2. The number of para-hydroxylation sites is 1. The van der Waals surface area contributed by atoms with E-state index in [-0.39, 0.29) is 11.5 Å². The summed E-state index contributed by atoms with van der Waals surface area (Å²) in [4.78, 5) is 10.6. The van der Waals surface area contributed by atoms with Gasteiger partial charge in [0.2, 0.25) is 0 Å². The Kier molecular flexibility index (Phi) is 6.53. The SMILES string of the molecule is Oc1cc(-c2ccc(SI)cc2)c2nc(-c3ccccc3N=Cc3cc(F)ccc3O)sc2c1. The molecule has 0 fully saturated rings. The fraction of sp³-hybridized carbons (Fsp3) is 0. The van der Waals surface area contributed by atoms with Crippen LogP contribution in [-0.2, 0) is 0 Å². The summed E-state index contributed by atoms with van der Waals surface area (Å²) in [7, 11) is 1.64. The molecule has 4 aromatic carbocycles. The van der Waals surface area contributed by atoms with Crippen LogP contribution in [0.2, 0.25) is 0 Å². The highest BCUT2D eigenvalue weighted by atomic mass is 127. The highest BCUT2D eigenvalue weighted by molar-refractivity contribution is 14.2. The number of aromatic nitrogens is 1. The van der Waals surface area contributed by atoms with Gasteiger partial charge in [-0.1, -0.05) is 33.2 Å². The van der Waals surface area contributed by atoms with E-state index < -0.39 is 5.82 Å². The van der Waals surface area contributed by atoms with Gasteiger partial charge >= 0.3 is 0 Å². The van der Waals surface area contributed by atoms with Crippen LogP contribution < -0.4 is 0 Å². The summed E-state index contributed by atoms with van der Waals surface area (Å²) in [6, 6.07) is 22.8. The summed E-state index contributed by atoms with van der Waals surface area (Å²) in [5, 5.41) is 21.1. The zero-order valence-electron chi connectivity index (χ0n) is 17.4. The van der Waals surface area contributed by atoms with E-state index in [1.165, 1.54) is 35.8 Å². The Morgan fingerprint density at radius 2 is 1.74 bits per heavy atom. The van der Waals surface area contributed by atoms with Crippen molar-refractivity contribution in [3.8, 4) is 33.2 Å². The number of rotatable bonds is 5. The van der Waals surface area contributed by atoms with E-state index in [1.54, 1.807) is 21.1 Å². The smallest absolute Gasteiger partial charge is 0.126 e. The second kappa shape index (κ2) is 9.73. The summed E-state index contributed by atoms with van der Waals surface area (Å²) in [6.45, 7) is 0. The summed E-state index contributed by atoms with van der Waals surface area (Å²) < 4.78 is 14.4. The maximum Gasteiger partial charge on any atom is 0.126 e. The molecule has 0 aliphatic carbocycles. The number of aliphatic imine (C=N–C) groups is 1. The minimum Gasteiger partial charge on any atom is -0.508 e. The third kappa shape index (κ3) is 4.66. The van der Waals surface area contributed by atoms with Crippen LogP contribution >= 0.6 is 41.5 Å². The van der Waals surface area contributed by atoms with E-state index >= 15 is 0 Å². The lowest BCUT2D eigenvalue weighted by Crippen LogP contribution is -1.85. The number of benzene rings is 4. The lowest BCUT2D eigenvalue weighted by molar-refractivity contribution is 0.472. The normalized spacial score (nSPS) is 11.5. The van der Waals surface area contributed by atoms with Crippen molar-refractivity contribution < 1.29 is 14.6 Å². The van der Waals surface area contributed by atoms with Gasteiger partial charge in [-0.25, -0.2) is 9.37 Å². The number of aromatic hydroxyl groups is 2. The van der Waals surface area contributed by atoms with Gasteiger partial charge in [-0.15, -0.1) is 11.3 Å². The van der Waals surface area contributed by atoms with Crippen molar-refractivity contribution in [1.82, 2.24) is 4.98 Å². The highest BCUT2D eigenvalue weighted by Gasteiger charge is 2.15. The second-order valence-corrected chi connectivity index (χ2v) is 10.4. The third-order valence-electron chi connectivity index (χ3n) is 5.20. The van der Waals surface area contributed by atoms with Crippen molar-refractivity contribution in [3.05, 3.63) is 90.2 Å². The van der Waals surface area contributed by atoms with Crippen molar-refractivity contribution in [2.75, 3.05) is 0 Å². The van der Waals surface area contributed by atoms with Gasteiger partial charge in [0.25, 0.3) is 0 Å². The minimum absolute atomic E-state index is 0.0466. The quantitative estimate of drug-likeness (QED) is 0.158. The predicted molar refractivity (Wildman–Crippen MR) is 147 cm³/mol. The van der Waals surface area contributed by atoms with Crippen molar-refractivity contribution in [3.63, 3.8) is 0 Å². The van der Waals surface area contributed by atoms with E-state index in [0.717, 1.165) is 36.8 Å². The van der Waals surface area contributed by atoms with E-state index in [1.807, 2.05) is 48.5 Å². The Morgan fingerprint density at radius 3 is 2.53 bits per heavy atom. The van der Waals surface area contributed by atoms with Crippen LogP contribution in [0.1, 0.15) is 5.56 Å². The van der Waals surface area contributed by atoms with Crippen molar-refractivity contribution in [1.29, 1.82) is 0 Å². The molecule has 0 bridgehead atoms. The van der Waals surface area contributed by atoms with Crippen LogP contribution in [0.5, 0.6) is 11.5 Å². The largest absolute Gasteiger partial charge is 0.508 e. The van der Waals surface area contributed by atoms with Gasteiger partial charge in [-0.2, -0.15) is 0 Å². The molecule has 0 amide bonds. The van der Waals surface area contributed by atoms with Gasteiger partial charge in [0, 0.05) is 49.0 Å². The zero-order valence-corrected chi connectivity index (χ0v) is 21.2. The summed E-state index contributed by atoms with van der Waals surface area (Å²) in [6.07, 6.45) is 1.44. The third-order valence-corrected chi connectivity index (χ3v) is 8.21. The zero-order chi connectivity index (χ0) is 23.7. The van der Waals surface area contributed by atoms with Crippen LogP contribution in [0.15, 0.2) is 88.8 Å². The lowest BCUT2D eigenvalue weighted by Gasteiger charge is -2.05. The molecular weight excluding hydrogens is 582 g/mol. The molecule has 1 aromatic heterocycles. The average Bonchev–Trinajstić information content (AvgIpc) is 3.28. The molecule has 0 aliphatic rings. The second-order valence-electron chi connectivity index (χ2n) is 7.44. The molecule has 0 aliphatic heterocycles. The van der Waals surface area contributed by atoms with Gasteiger partial charge in [-0.05, 0) is 60.2 Å². The van der Waals surface area contributed by atoms with Gasteiger partial charge < -0.3 is 10.2 Å². The Morgan fingerprint density at radius 1 is 0.941 bits per heavy atom. The number of nitrogens with zero attached hydrogens (tertiary/aromatic N) is 2. The number of phenols is 2. The molecule has 34 heavy (non-hydrogen) atoms. The standard InChI is InChI=1S/C26H16FIN2O2S2/c27-17-7-10-23(32)16(11-17)14-29-22-4-2-1-3-20(22)26-30-25-21(12-18(31)13-24(25)33-26)15-5-8-19(34-28)9-6-15/h1-14,31-32H. The number of fused-ring (bicyclic) bond motifs is 1. The van der Waals surface area contributed by atoms with Crippen LogP contribution in [-0.4, -0.2) is 21.4 Å². The van der Waals surface area contributed by atoms with Crippen LogP contribution in [0.4, 0.5) is 10.1 Å². The Bertz CT molecular complexity index is 1530. The molecule has 0 saturated heterocycles. The molecule has 0 spiro atoms. The Balaban J connectivity index is 1.59. The van der Waals surface area contributed by atoms with E-state index in [0.29, 0.717) is 11.3 Å². The molecule has 8 heteroatoms. The molecule has 0 unspecified atom stereocenters. The first-order chi connectivity index (χ1) is 16.5. The number of thiazole rings is 1.